The summed E-state index contributed by atoms with van der Waals surface area (Å²) in [6, 6.07) is 8.28. The van der Waals surface area contributed by atoms with Crippen LogP contribution in [0.2, 0.25) is 0 Å². The highest BCUT2D eigenvalue weighted by atomic mass is 15.3. The first-order chi connectivity index (χ1) is 11.6. The summed E-state index contributed by atoms with van der Waals surface area (Å²) in [7, 11) is 0. The van der Waals surface area contributed by atoms with Crippen molar-refractivity contribution in [3.63, 3.8) is 0 Å². The molecule has 6 heteroatoms. The van der Waals surface area contributed by atoms with Crippen molar-refractivity contribution in [2.24, 2.45) is 5.92 Å². The summed E-state index contributed by atoms with van der Waals surface area (Å²) in [5.74, 6) is 1.90. The summed E-state index contributed by atoms with van der Waals surface area (Å²) < 4.78 is 0. The van der Waals surface area contributed by atoms with Gasteiger partial charge in [0.25, 0.3) is 0 Å². The van der Waals surface area contributed by atoms with E-state index in [1.165, 1.54) is 5.69 Å². The Morgan fingerprint density at radius 1 is 1.08 bits per heavy atom. The quantitative estimate of drug-likeness (QED) is 0.727. The number of anilines is 4. The highest BCUT2D eigenvalue weighted by Crippen LogP contribution is 2.19. The highest BCUT2D eigenvalue weighted by Gasteiger charge is 2.04. The zero-order chi connectivity index (χ0) is 17.4. The molecule has 130 valence electrons. The molecule has 1 aromatic heterocycles. The van der Waals surface area contributed by atoms with Gasteiger partial charge in [0.1, 0.15) is 0 Å². The molecule has 0 aliphatic carbocycles. The van der Waals surface area contributed by atoms with Crippen molar-refractivity contribution in [1.29, 1.82) is 0 Å². The van der Waals surface area contributed by atoms with Gasteiger partial charge in [-0.1, -0.05) is 13.8 Å². The lowest BCUT2D eigenvalue weighted by Gasteiger charge is -2.21. The van der Waals surface area contributed by atoms with E-state index in [9.17, 15) is 0 Å². The van der Waals surface area contributed by atoms with Gasteiger partial charge >= 0.3 is 0 Å². The number of nitrogens with zero attached hydrogens (tertiary/aromatic N) is 4. The molecule has 0 bridgehead atoms. The van der Waals surface area contributed by atoms with E-state index < -0.39 is 0 Å². The molecular weight excluding hydrogens is 300 g/mol. The second-order valence-corrected chi connectivity index (χ2v) is 6.12. The van der Waals surface area contributed by atoms with Gasteiger partial charge in [-0.15, -0.1) is 5.10 Å². The second-order valence-electron chi connectivity index (χ2n) is 6.12. The van der Waals surface area contributed by atoms with Crippen LogP contribution in [0.5, 0.6) is 0 Å². The van der Waals surface area contributed by atoms with Gasteiger partial charge in [-0.05, 0) is 50.5 Å². The third-order valence-electron chi connectivity index (χ3n) is 3.84. The third kappa shape index (κ3) is 5.37. The van der Waals surface area contributed by atoms with Crippen molar-refractivity contribution in [1.82, 2.24) is 15.2 Å². The van der Waals surface area contributed by atoms with Crippen molar-refractivity contribution >= 4 is 23.1 Å². The molecule has 2 aromatic rings. The number of nitrogens with one attached hydrogen (secondary N) is 2. The van der Waals surface area contributed by atoms with Crippen molar-refractivity contribution in [3.05, 3.63) is 30.5 Å². The lowest BCUT2D eigenvalue weighted by Crippen LogP contribution is -2.21. The largest absolute Gasteiger partial charge is 0.372 e. The van der Waals surface area contributed by atoms with Crippen molar-refractivity contribution in [2.75, 3.05) is 35.2 Å². The minimum atomic E-state index is 0.500. The van der Waals surface area contributed by atoms with Crippen LogP contribution in [0.3, 0.4) is 0 Å². The summed E-state index contributed by atoms with van der Waals surface area (Å²) in [5, 5.41) is 14.5. The standard InChI is InChI=1S/C18H28N6/c1-5-24(6-2)16-9-7-15(8-10-16)21-18-22-17(13-20-23-18)19-12-11-14(3)4/h7-10,13-14H,5-6,11-12H2,1-4H3,(H2,19,21,22,23). The normalized spacial score (nSPS) is 10.7. The molecule has 0 unspecified atom stereocenters. The Balaban J connectivity index is 1.98. The summed E-state index contributed by atoms with van der Waals surface area (Å²) in [6.45, 7) is 11.6. The van der Waals surface area contributed by atoms with E-state index in [4.69, 9.17) is 0 Å². The Hall–Kier alpha value is -2.37. The Kier molecular flexibility index (Phi) is 6.78. The van der Waals surface area contributed by atoms with Crippen LogP contribution in [0.25, 0.3) is 0 Å². The maximum atomic E-state index is 4.45. The Morgan fingerprint density at radius 2 is 1.79 bits per heavy atom. The molecule has 0 atom stereocenters. The number of hydrogen-bond donors (Lipinski definition) is 2. The molecule has 24 heavy (non-hydrogen) atoms. The third-order valence-corrected chi connectivity index (χ3v) is 3.84. The van der Waals surface area contributed by atoms with E-state index in [0.29, 0.717) is 11.9 Å². The SMILES string of the molecule is CCN(CC)c1ccc(Nc2nncc(NCCC(C)C)n2)cc1. The predicted molar refractivity (Wildman–Crippen MR) is 101 cm³/mol. The maximum absolute atomic E-state index is 4.45. The predicted octanol–water partition coefficient (Wildman–Crippen LogP) is 3.92. The molecule has 0 saturated carbocycles. The highest BCUT2D eigenvalue weighted by molar-refractivity contribution is 5.59. The maximum Gasteiger partial charge on any atom is 0.249 e. The smallest absolute Gasteiger partial charge is 0.249 e. The summed E-state index contributed by atoms with van der Waals surface area (Å²) in [4.78, 5) is 6.76. The Morgan fingerprint density at radius 3 is 2.42 bits per heavy atom. The van der Waals surface area contributed by atoms with Gasteiger partial charge in [0, 0.05) is 31.0 Å². The molecular formula is C18H28N6. The van der Waals surface area contributed by atoms with E-state index in [1.54, 1.807) is 6.20 Å². The molecule has 0 aliphatic rings. The molecule has 0 radical (unpaired) electrons. The summed E-state index contributed by atoms with van der Waals surface area (Å²) in [5.41, 5.74) is 2.17. The minimum Gasteiger partial charge on any atom is -0.372 e. The van der Waals surface area contributed by atoms with E-state index in [-0.39, 0.29) is 0 Å². The van der Waals surface area contributed by atoms with Crippen molar-refractivity contribution in [2.45, 2.75) is 34.1 Å². The molecule has 1 aromatic carbocycles. The van der Waals surface area contributed by atoms with Crippen LogP contribution in [0.4, 0.5) is 23.1 Å². The molecule has 2 N–H and O–H groups in total. The zero-order valence-electron chi connectivity index (χ0n) is 15.1. The number of hydrogen-bond acceptors (Lipinski definition) is 6. The molecule has 0 aliphatic heterocycles. The van der Waals surface area contributed by atoms with Gasteiger partial charge in [0.05, 0.1) is 6.20 Å². The van der Waals surface area contributed by atoms with Crippen LogP contribution < -0.4 is 15.5 Å². The van der Waals surface area contributed by atoms with E-state index in [0.717, 1.165) is 37.6 Å². The topological polar surface area (TPSA) is 66.0 Å². The van der Waals surface area contributed by atoms with Crippen LogP contribution in [0, 0.1) is 5.92 Å². The van der Waals surface area contributed by atoms with Crippen LogP contribution >= 0.6 is 0 Å². The molecule has 6 nitrogen and oxygen atoms in total. The monoisotopic (exact) mass is 328 g/mol. The first-order valence-corrected chi connectivity index (χ1v) is 8.68. The van der Waals surface area contributed by atoms with E-state index in [2.05, 4.69) is 70.5 Å². The van der Waals surface area contributed by atoms with Gasteiger partial charge in [0.15, 0.2) is 5.82 Å². The number of aromatic nitrogens is 3. The van der Waals surface area contributed by atoms with E-state index in [1.807, 2.05) is 12.1 Å². The van der Waals surface area contributed by atoms with Gasteiger partial charge in [-0.2, -0.15) is 10.1 Å². The fraction of sp³-hybridized carbons (Fsp3) is 0.500. The molecule has 0 fully saturated rings. The first kappa shape index (κ1) is 18.0. The molecule has 0 amide bonds. The van der Waals surface area contributed by atoms with Gasteiger partial charge in [0.2, 0.25) is 5.95 Å². The fourth-order valence-corrected chi connectivity index (χ4v) is 2.40. The number of benzene rings is 1. The summed E-state index contributed by atoms with van der Waals surface area (Å²) >= 11 is 0. The van der Waals surface area contributed by atoms with E-state index >= 15 is 0 Å². The number of rotatable bonds is 9. The van der Waals surface area contributed by atoms with Crippen molar-refractivity contribution < 1.29 is 0 Å². The van der Waals surface area contributed by atoms with Crippen LogP contribution in [-0.4, -0.2) is 34.8 Å². The van der Waals surface area contributed by atoms with Gasteiger partial charge in [-0.3, -0.25) is 0 Å². The zero-order valence-corrected chi connectivity index (χ0v) is 15.1. The molecule has 2 rings (SSSR count). The lowest BCUT2D eigenvalue weighted by atomic mass is 10.1. The average molecular weight is 328 g/mol. The average Bonchev–Trinajstić information content (AvgIpc) is 2.57. The first-order valence-electron chi connectivity index (χ1n) is 8.68. The fourth-order valence-electron chi connectivity index (χ4n) is 2.40. The van der Waals surface area contributed by atoms with Crippen LogP contribution in [0.1, 0.15) is 34.1 Å². The molecule has 0 spiro atoms. The second kappa shape index (κ2) is 9.05. The Labute approximate surface area is 144 Å². The summed E-state index contributed by atoms with van der Waals surface area (Å²) in [6.07, 6.45) is 2.74. The Bertz CT molecular complexity index is 607. The molecule has 0 saturated heterocycles. The lowest BCUT2D eigenvalue weighted by molar-refractivity contribution is 0.606. The molecule has 1 heterocycles. The van der Waals surface area contributed by atoms with Crippen molar-refractivity contribution in [3.8, 4) is 0 Å². The van der Waals surface area contributed by atoms with Crippen LogP contribution in [-0.2, 0) is 0 Å². The van der Waals surface area contributed by atoms with Gasteiger partial charge in [-0.25, -0.2) is 0 Å². The van der Waals surface area contributed by atoms with Gasteiger partial charge < -0.3 is 15.5 Å². The minimum absolute atomic E-state index is 0.500. The van der Waals surface area contributed by atoms with Crippen LogP contribution in [0.15, 0.2) is 30.5 Å².